The van der Waals surface area contributed by atoms with Crippen molar-refractivity contribution in [1.29, 1.82) is 0 Å². The van der Waals surface area contributed by atoms with Crippen molar-refractivity contribution in [2.24, 2.45) is 12.0 Å². The molecule has 0 aliphatic carbocycles. The van der Waals surface area contributed by atoms with E-state index >= 15 is 0 Å². The summed E-state index contributed by atoms with van der Waals surface area (Å²) in [5.41, 5.74) is 1.35. The van der Waals surface area contributed by atoms with E-state index in [1.807, 2.05) is 56.4 Å². The molecule has 2 aliphatic rings. The third-order valence-corrected chi connectivity index (χ3v) is 21.6. The standard InChI is InChI=1S/C28H23FN6O2.C22H13F7N6O2.C21H16FN7O3.C21H14FN5O4.4H2/c1-17-8-10-18(11-9-17)27-32-25-20(28(2,3)37-27)15-30-26(31-25)23-14-24(22-12-13-36-34-22)35(33-23)16-19-6-4-5-7-21(19)29;1-11-20(21(24,25)26,22(27,28)29)37-17-9-30-18(32-19(17)31-11)15-8-16(14-6-7-36-34-14)35(33-15)10-12-4-2-3-5-13(12)23;1-12(30)29-20-14(21(31)27(29)2)10-23-19(24-20)17-9-18(16-7-8-32-26-16)28(25-17)11-13-5-3-4-6-15(13)22;1-11-8-17(28)18-20(29)23-19(24-21(18)31-11)15-9-16(14-6-7-30-26-14)27(25-15)10-12-4-2-3-5-13(12)22;;;;/h4-15H,16H2,1-3H3;2-9H,1,10H2,(H,30,31,32);3-10H,11H2,1-2H3;2-9H,10H2,1H3,(H,23,24,29);4*1H/i;;;;4*1+1. The molecule has 0 unspecified atom stereocenters. The summed E-state index contributed by atoms with van der Waals surface area (Å²) in [6.07, 6.45) is -2.41. The molecule has 0 bridgehead atoms. The minimum Gasteiger partial charge on any atom is -0.466 e. The number of ether oxygens (including phenoxy) is 2. The maximum absolute atomic E-state index is 14.4. The predicted molar refractivity (Wildman–Crippen MR) is 476 cm³/mol. The van der Waals surface area contributed by atoms with Gasteiger partial charge in [0.25, 0.3) is 11.1 Å². The van der Waals surface area contributed by atoms with E-state index in [0.29, 0.717) is 103 Å². The zero-order valence-electron chi connectivity index (χ0n) is 71.9. The highest BCUT2D eigenvalue weighted by Crippen LogP contribution is 2.54. The van der Waals surface area contributed by atoms with Gasteiger partial charge in [-0.05, 0) is 88.4 Å². The lowest BCUT2D eigenvalue weighted by Crippen LogP contribution is -2.64. The number of hydrogen-bond donors (Lipinski definition) is 2. The fraction of sp³-hybridized carbons (Fsp3) is 0.152. The molecule has 0 atom stereocenters. The van der Waals surface area contributed by atoms with Gasteiger partial charge in [0.2, 0.25) is 17.5 Å². The fourth-order valence-corrected chi connectivity index (χ4v) is 14.8. The zero-order chi connectivity index (χ0) is 96.1. The summed E-state index contributed by atoms with van der Waals surface area (Å²) < 4.78 is 183. The van der Waals surface area contributed by atoms with Gasteiger partial charge in [-0.2, -0.15) is 61.4 Å². The topological polar surface area (TPSA) is 416 Å². The van der Waals surface area contributed by atoms with E-state index in [1.54, 1.807) is 120 Å². The van der Waals surface area contributed by atoms with Crippen LogP contribution in [-0.4, -0.2) is 139 Å². The molecular weight excluding hydrogens is 1810 g/mol. The molecule has 16 heterocycles. The first kappa shape index (κ1) is 89.7. The number of aliphatic imine (C=N–C) groups is 1. The number of nitrogens with one attached hydrogen (secondary N) is 2. The monoisotopic (exact) mass is 1880 g/mol. The number of alkyl halides is 6. The Bertz CT molecular complexity index is 8050. The van der Waals surface area contributed by atoms with Gasteiger partial charge >= 0.3 is 18.0 Å². The van der Waals surface area contributed by atoms with Crippen molar-refractivity contribution in [3.05, 3.63) is 331 Å². The van der Waals surface area contributed by atoms with Gasteiger partial charge in [0.05, 0.1) is 66.4 Å². The van der Waals surface area contributed by atoms with Gasteiger partial charge < -0.3 is 42.3 Å². The van der Waals surface area contributed by atoms with Crippen LogP contribution in [0.4, 0.5) is 55.5 Å². The van der Waals surface area contributed by atoms with Crippen molar-refractivity contribution in [3.63, 3.8) is 0 Å². The molecule has 0 fully saturated rings. The summed E-state index contributed by atoms with van der Waals surface area (Å²) in [5.74, 6) is -1.41. The Morgan fingerprint density at radius 2 is 0.927 bits per heavy atom. The Morgan fingerprint density at radius 3 is 1.36 bits per heavy atom. The van der Waals surface area contributed by atoms with Crippen LogP contribution in [0.25, 0.3) is 114 Å². The van der Waals surface area contributed by atoms with E-state index in [4.69, 9.17) is 42.3 Å². The number of carbonyl (C=O) groups excluding carboxylic acids is 1. The number of nitrogens with zero attached hydrogens (tertiary/aromatic N) is 22. The average molecular weight is 1890 g/mol. The predicted octanol–water partition coefficient (Wildman–Crippen LogP) is 17.6. The van der Waals surface area contributed by atoms with Crippen LogP contribution < -0.4 is 26.6 Å². The van der Waals surface area contributed by atoms with Crippen molar-refractivity contribution < 1.29 is 86.4 Å². The highest BCUT2D eigenvalue weighted by Gasteiger charge is 2.77. The minimum atomic E-state index is -5.89. The number of fused-ring (bicyclic) bond motifs is 4. The van der Waals surface area contributed by atoms with E-state index in [2.05, 4.69) is 82.1 Å². The van der Waals surface area contributed by atoms with E-state index in [0.717, 1.165) is 16.7 Å². The summed E-state index contributed by atoms with van der Waals surface area (Å²) in [5, 5.41) is 35.8. The van der Waals surface area contributed by atoms with Gasteiger partial charge in [0, 0.05) is 90.2 Å². The molecule has 0 saturated heterocycles. The molecule has 698 valence electrons. The third kappa shape index (κ3) is 17.8. The second kappa shape index (κ2) is 36.0. The van der Waals surface area contributed by atoms with E-state index in [1.165, 1.54) is 112 Å². The smallest absolute Gasteiger partial charge is 0.443 e. The number of H-pyrrole nitrogens is 1. The van der Waals surface area contributed by atoms with Crippen LogP contribution in [0, 0.1) is 37.1 Å². The van der Waals surface area contributed by atoms with Gasteiger partial charge in [-0.15, -0.1) is 0 Å². The number of aromatic nitrogens is 22. The van der Waals surface area contributed by atoms with Crippen molar-refractivity contribution in [2.75, 3.05) is 5.32 Å². The van der Waals surface area contributed by atoms with Crippen LogP contribution in [0.1, 0.15) is 76.0 Å². The molecule has 0 spiro atoms. The SMILES string of the molecule is C=C1Nc2nc(-c3cc(-c4ccon4)n(Cc4ccccc4F)n3)ncc2OC1(C(F)(F)F)C(F)(F)F.CC(=O)n1c2nc(-c3cc(-c4ccon4)n(Cc4ccccc4F)n3)ncc2c(=O)n1C.Cc1cc(=O)c2c(=O)[nH]c(-c3cc(-c4ccon4)n(Cc4ccccc4F)n3)nc2o1.Cc1ccc(C2=Nc3nc(-c4cc(-c5ccon5)n(Cc5ccccc5F)n4)ncc3C(C)(C)O2)cc1.[2HH].[2HH].[2HH].[2HH]. The highest BCUT2D eigenvalue weighted by atomic mass is 19.4. The largest absolute Gasteiger partial charge is 0.466 e. The lowest BCUT2D eigenvalue weighted by atomic mass is 9.96. The van der Waals surface area contributed by atoms with Crippen LogP contribution in [-0.2, 0) is 43.6 Å². The van der Waals surface area contributed by atoms with Crippen molar-refractivity contribution in [2.45, 2.75) is 84.4 Å². The van der Waals surface area contributed by atoms with Crippen LogP contribution in [0.15, 0.2) is 274 Å². The summed E-state index contributed by atoms with van der Waals surface area (Å²) in [6.45, 7) is 12.2. The quantitative estimate of drug-likeness (QED) is 0.0799. The summed E-state index contributed by atoms with van der Waals surface area (Å²) >= 11 is 0. The number of benzene rings is 5. The number of halogens is 10. The van der Waals surface area contributed by atoms with E-state index in [-0.39, 0.29) is 117 Å². The molecule has 5 aromatic carbocycles. The highest BCUT2D eigenvalue weighted by molar-refractivity contribution is 5.97. The lowest BCUT2D eigenvalue weighted by Gasteiger charge is -2.41. The molecule has 2 N–H and O–H groups in total. The fourth-order valence-electron chi connectivity index (χ4n) is 14.8. The van der Waals surface area contributed by atoms with Crippen LogP contribution >= 0.6 is 0 Å². The Labute approximate surface area is 767 Å². The van der Waals surface area contributed by atoms with Gasteiger partial charge in [-0.25, -0.2) is 52.1 Å². The molecule has 14 aromatic heterocycles. The molecule has 2 aliphatic heterocycles. The third-order valence-electron chi connectivity index (χ3n) is 21.6. The maximum atomic E-state index is 14.4. The maximum Gasteiger partial charge on any atom is 0.443 e. The van der Waals surface area contributed by atoms with Crippen molar-refractivity contribution in [3.8, 4) is 97.4 Å². The number of hydrogen-bond acceptors (Lipinski definition) is 28. The summed E-state index contributed by atoms with van der Waals surface area (Å²) in [6, 6.07) is 47.6. The molecule has 21 rings (SSSR count). The second-order valence-electron chi connectivity index (χ2n) is 31.2. The number of aryl methyl sites for hydroxylation is 2. The first-order valence-corrected chi connectivity index (χ1v) is 41.0. The summed E-state index contributed by atoms with van der Waals surface area (Å²) in [4.78, 5) is 86.5. The molecule has 19 aromatic rings. The zero-order valence-corrected chi connectivity index (χ0v) is 71.9. The lowest BCUT2D eigenvalue weighted by molar-refractivity contribution is -0.342. The molecule has 0 radical (unpaired) electrons. The van der Waals surface area contributed by atoms with Gasteiger partial charge in [-0.1, -0.05) is 118 Å². The van der Waals surface area contributed by atoms with Crippen LogP contribution in [0.5, 0.6) is 5.75 Å². The number of rotatable bonds is 17. The summed E-state index contributed by atoms with van der Waals surface area (Å²) in [7, 11) is 1.48. The van der Waals surface area contributed by atoms with Gasteiger partial charge in [-0.3, -0.25) is 37.9 Å². The van der Waals surface area contributed by atoms with Crippen molar-refractivity contribution >= 4 is 45.6 Å². The average Bonchev–Trinajstić information content (AvgIpc) is 1.45. The minimum absolute atomic E-state index is 0. The number of aromatic amines is 1. The van der Waals surface area contributed by atoms with Gasteiger partial charge in [0.15, 0.2) is 51.8 Å². The second-order valence-corrected chi connectivity index (χ2v) is 31.2. The molecule has 45 heteroatoms. The normalized spacial score (nSPS) is 13.1. The van der Waals surface area contributed by atoms with Crippen molar-refractivity contribution in [1.82, 2.24) is 109 Å². The molecular formula is C92H74F10N24O11. The number of anilines is 1. The van der Waals surface area contributed by atoms with Crippen LogP contribution in [0.3, 0.4) is 0 Å². The first-order chi connectivity index (χ1) is 65.7. The first-order valence-electron chi connectivity index (χ1n) is 41.0. The van der Waals surface area contributed by atoms with Crippen LogP contribution in [0.2, 0.25) is 0 Å². The Balaban J connectivity index is 0.000000149. The Morgan fingerprint density at radius 1 is 0.504 bits per heavy atom. The van der Waals surface area contributed by atoms with E-state index in [9.17, 15) is 63.1 Å². The molecule has 0 amide bonds. The Hall–Kier alpha value is -17.8. The van der Waals surface area contributed by atoms with E-state index < -0.39 is 57.6 Å². The molecule has 137 heavy (non-hydrogen) atoms. The molecule has 0 saturated carbocycles. The Kier molecular flexibility index (Phi) is 23.6. The number of carbonyl (C=O) groups is 1. The van der Waals surface area contributed by atoms with Gasteiger partial charge in [0.1, 0.15) is 116 Å². The molecule has 35 nitrogen and oxygen atoms in total.